The lowest BCUT2D eigenvalue weighted by Gasteiger charge is -2.31. The molecule has 7 heteroatoms. The van der Waals surface area contributed by atoms with Gasteiger partial charge < -0.3 is 19.7 Å². The van der Waals surface area contributed by atoms with Gasteiger partial charge in [-0.3, -0.25) is 14.5 Å². The summed E-state index contributed by atoms with van der Waals surface area (Å²) < 4.78 is 11.7. The summed E-state index contributed by atoms with van der Waals surface area (Å²) >= 11 is 0. The highest BCUT2D eigenvalue weighted by Crippen LogP contribution is 2.34. The molecule has 0 bridgehead atoms. The molecule has 5 rings (SSSR count). The second-order valence-electron chi connectivity index (χ2n) is 9.21. The highest BCUT2D eigenvalue weighted by atomic mass is 16.5. The van der Waals surface area contributed by atoms with E-state index in [0.29, 0.717) is 43.0 Å². The second-order valence-corrected chi connectivity index (χ2v) is 9.21. The summed E-state index contributed by atoms with van der Waals surface area (Å²) in [6.45, 7) is 9.24. The van der Waals surface area contributed by atoms with Crippen LogP contribution >= 0.6 is 0 Å². The van der Waals surface area contributed by atoms with Gasteiger partial charge in [0.05, 0.1) is 13.2 Å². The van der Waals surface area contributed by atoms with Gasteiger partial charge >= 0.3 is 0 Å². The van der Waals surface area contributed by atoms with Crippen LogP contribution in [0.15, 0.2) is 54.7 Å². The third-order valence-electron chi connectivity index (χ3n) is 6.79. The predicted octanol–water partition coefficient (Wildman–Crippen LogP) is 3.24. The number of amides is 2. The van der Waals surface area contributed by atoms with Gasteiger partial charge in [-0.15, -0.1) is 0 Å². The molecular formula is C27H31N3O4. The van der Waals surface area contributed by atoms with Gasteiger partial charge in [0.1, 0.15) is 18.4 Å². The third kappa shape index (κ3) is 4.86. The van der Waals surface area contributed by atoms with Gasteiger partial charge in [-0.05, 0) is 42.5 Å². The lowest BCUT2D eigenvalue weighted by atomic mass is 10.0. The van der Waals surface area contributed by atoms with Crippen molar-refractivity contribution in [2.75, 3.05) is 26.3 Å². The Morgan fingerprint density at radius 1 is 1.06 bits per heavy atom. The minimum atomic E-state index is -0.471. The minimum Gasteiger partial charge on any atom is -0.489 e. The van der Waals surface area contributed by atoms with E-state index in [4.69, 9.17) is 9.47 Å². The SMILES string of the molecule is C=C1CCC(N2Cc3c(OCc4ccc(CN5CCCOCC5)cc4)cccc3C2=O)C(=O)N1. The van der Waals surface area contributed by atoms with Gasteiger partial charge in [-0.1, -0.05) is 36.9 Å². The molecule has 3 heterocycles. The maximum atomic E-state index is 13.0. The predicted molar refractivity (Wildman–Crippen MR) is 128 cm³/mol. The number of benzene rings is 2. The average Bonchev–Trinajstić information content (AvgIpc) is 2.99. The van der Waals surface area contributed by atoms with Crippen LogP contribution in [0.4, 0.5) is 0 Å². The van der Waals surface area contributed by atoms with Crippen molar-refractivity contribution in [1.82, 2.24) is 15.1 Å². The Morgan fingerprint density at radius 2 is 1.88 bits per heavy atom. The summed E-state index contributed by atoms with van der Waals surface area (Å²) in [6, 6.07) is 13.6. The maximum Gasteiger partial charge on any atom is 0.255 e. The summed E-state index contributed by atoms with van der Waals surface area (Å²) in [4.78, 5) is 29.6. The fourth-order valence-corrected chi connectivity index (χ4v) is 4.89. The van der Waals surface area contributed by atoms with E-state index in [0.717, 1.165) is 50.4 Å². The van der Waals surface area contributed by atoms with Gasteiger partial charge in [0.25, 0.3) is 5.91 Å². The van der Waals surface area contributed by atoms with E-state index in [-0.39, 0.29) is 11.8 Å². The maximum absolute atomic E-state index is 13.0. The molecule has 0 saturated carbocycles. The Bertz CT molecular complexity index is 1070. The molecule has 2 saturated heterocycles. The van der Waals surface area contributed by atoms with Crippen LogP contribution in [0.2, 0.25) is 0 Å². The molecule has 34 heavy (non-hydrogen) atoms. The molecule has 3 aliphatic rings. The van der Waals surface area contributed by atoms with Crippen LogP contribution in [0.1, 0.15) is 46.3 Å². The van der Waals surface area contributed by atoms with Crippen LogP contribution in [-0.2, 0) is 29.2 Å². The second kappa shape index (κ2) is 9.99. The Balaban J connectivity index is 1.22. The van der Waals surface area contributed by atoms with Crippen molar-refractivity contribution in [3.63, 3.8) is 0 Å². The molecule has 2 amide bonds. The summed E-state index contributed by atoms with van der Waals surface area (Å²) in [6.07, 6.45) is 2.35. The number of piperidine rings is 1. The Hall–Kier alpha value is -3.16. The summed E-state index contributed by atoms with van der Waals surface area (Å²) in [5.41, 5.74) is 4.53. The molecule has 7 nitrogen and oxygen atoms in total. The molecule has 0 aromatic heterocycles. The summed E-state index contributed by atoms with van der Waals surface area (Å²) in [5.74, 6) is 0.423. The topological polar surface area (TPSA) is 71.1 Å². The van der Waals surface area contributed by atoms with Crippen molar-refractivity contribution >= 4 is 11.8 Å². The number of carbonyl (C=O) groups excluding carboxylic acids is 2. The van der Waals surface area contributed by atoms with Gasteiger partial charge in [0.2, 0.25) is 5.91 Å². The minimum absolute atomic E-state index is 0.114. The molecule has 0 spiro atoms. The van der Waals surface area contributed by atoms with Crippen LogP contribution in [0, 0.1) is 0 Å². The van der Waals surface area contributed by atoms with Gasteiger partial charge in [-0.25, -0.2) is 0 Å². The van der Waals surface area contributed by atoms with E-state index in [1.54, 1.807) is 4.90 Å². The quantitative estimate of drug-likeness (QED) is 0.715. The molecule has 0 radical (unpaired) electrons. The summed E-state index contributed by atoms with van der Waals surface area (Å²) in [5, 5.41) is 2.78. The van der Waals surface area contributed by atoms with Crippen LogP contribution in [0.25, 0.3) is 0 Å². The largest absolute Gasteiger partial charge is 0.489 e. The fourth-order valence-electron chi connectivity index (χ4n) is 4.89. The first-order valence-corrected chi connectivity index (χ1v) is 12.0. The van der Waals surface area contributed by atoms with E-state index in [1.807, 2.05) is 18.2 Å². The lowest BCUT2D eigenvalue weighted by Crippen LogP contribution is -2.49. The molecule has 178 valence electrons. The first kappa shape index (κ1) is 22.6. The van der Waals surface area contributed by atoms with Crippen molar-refractivity contribution in [3.8, 4) is 5.75 Å². The van der Waals surface area contributed by atoms with Crippen molar-refractivity contribution in [2.24, 2.45) is 0 Å². The number of fused-ring (bicyclic) bond motifs is 1. The van der Waals surface area contributed by atoms with E-state index in [1.165, 1.54) is 5.56 Å². The molecule has 2 aromatic rings. The molecule has 1 unspecified atom stereocenters. The molecular weight excluding hydrogens is 430 g/mol. The van der Waals surface area contributed by atoms with Crippen molar-refractivity contribution < 1.29 is 19.1 Å². The van der Waals surface area contributed by atoms with Gasteiger partial charge in [-0.2, -0.15) is 0 Å². The standard InChI is InChI=1S/C27H31N3O4/c1-19-6-11-24(26(31)28-19)30-17-23-22(27(30)32)4-2-5-25(23)34-18-21-9-7-20(8-10-21)16-29-12-3-14-33-15-13-29/h2,4-5,7-10,24H,1,3,6,11-18H2,(H,28,31). The monoisotopic (exact) mass is 461 g/mol. The number of allylic oxidation sites excluding steroid dienone is 1. The highest BCUT2D eigenvalue weighted by Gasteiger charge is 2.39. The number of nitrogens with one attached hydrogen (secondary N) is 1. The van der Waals surface area contributed by atoms with Gasteiger partial charge in [0, 0.05) is 43.1 Å². The summed E-state index contributed by atoms with van der Waals surface area (Å²) in [7, 11) is 0. The molecule has 3 aliphatic heterocycles. The Labute approximate surface area is 200 Å². The van der Waals surface area contributed by atoms with E-state index in [2.05, 4.69) is 41.1 Å². The Morgan fingerprint density at radius 3 is 2.71 bits per heavy atom. The van der Waals surface area contributed by atoms with E-state index >= 15 is 0 Å². The molecule has 1 atom stereocenters. The van der Waals surface area contributed by atoms with Crippen LogP contribution in [0.3, 0.4) is 0 Å². The molecule has 0 aliphatic carbocycles. The van der Waals surface area contributed by atoms with Crippen LogP contribution in [0.5, 0.6) is 5.75 Å². The molecule has 2 aromatic carbocycles. The normalized spacial score (nSPS) is 21.2. The third-order valence-corrected chi connectivity index (χ3v) is 6.79. The number of nitrogens with zero attached hydrogens (tertiary/aromatic N) is 2. The number of hydrogen-bond acceptors (Lipinski definition) is 5. The number of carbonyl (C=O) groups is 2. The number of rotatable bonds is 6. The van der Waals surface area contributed by atoms with Crippen molar-refractivity contribution in [3.05, 3.63) is 77.0 Å². The lowest BCUT2D eigenvalue weighted by molar-refractivity contribution is -0.126. The molecule has 2 fully saturated rings. The zero-order chi connectivity index (χ0) is 23.5. The molecule has 1 N–H and O–H groups in total. The zero-order valence-corrected chi connectivity index (χ0v) is 19.4. The van der Waals surface area contributed by atoms with Crippen molar-refractivity contribution in [2.45, 2.75) is 45.0 Å². The fraction of sp³-hybridized carbons (Fsp3) is 0.407. The average molecular weight is 462 g/mol. The van der Waals surface area contributed by atoms with Crippen LogP contribution in [-0.4, -0.2) is 54.0 Å². The van der Waals surface area contributed by atoms with Crippen LogP contribution < -0.4 is 10.1 Å². The smallest absolute Gasteiger partial charge is 0.255 e. The van der Waals surface area contributed by atoms with E-state index in [9.17, 15) is 9.59 Å². The first-order valence-electron chi connectivity index (χ1n) is 12.0. The first-order chi connectivity index (χ1) is 16.6. The number of hydrogen-bond donors (Lipinski definition) is 1. The zero-order valence-electron chi connectivity index (χ0n) is 19.4. The Kier molecular flexibility index (Phi) is 6.65. The number of ether oxygens (including phenoxy) is 2. The van der Waals surface area contributed by atoms with E-state index < -0.39 is 6.04 Å². The van der Waals surface area contributed by atoms with Crippen molar-refractivity contribution in [1.29, 1.82) is 0 Å². The van der Waals surface area contributed by atoms with Gasteiger partial charge in [0.15, 0.2) is 0 Å². The highest BCUT2D eigenvalue weighted by molar-refractivity contribution is 6.02.